The Bertz CT molecular complexity index is 783. The molecule has 0 aliphatic carbocycles. The number of para-hydroxylation sites is 4. The van der Waals surface area contributed by atoms with E-state index in [1.54, 1.807) is 36.0 Å². The number of anilines is 1. The highest BCUT2D eigenvalue weighted by Gasteiger charge is 2.07. The number of benzene rings is 2. The number of hydrogen-bond donors (Lipinski definition) is 3. The first kappa shape index (κ1) is 15.4. The van der Waals surface area contributed by atoms with Gasteiger partial charge in [-0.15, -0.1) is 0 Å². The van der Waals surface area contributed by atoms with Crippen molar-refractivity contribution < 1.29 is 9.90 Å². The van der Waals surface area contributed by atoms with E-state index in [1.807, 2.05) is 24.3 Å². The van der Waals surface area contributed by atoms with Gasteiger partial charge in [0.1, 0.15) is 5.75 Å². The van der Waals surface area contributed by atoms with Crippen molar-refractivity contribution in [1.82, 2.24) is 9.97 Å². The highest BCUT2D eigenvalue weighted by molar-refractivity contribution is 7.99. The topological polar surface area (TPSA) is 78.0 Å². The highest BCUT2D eigenvalue weighted by atomic mass is 32.2. The van der Waals surface area contributed by atoms with Crippen LogP contribution in [0.5, 0.6) is 5.75 Å². The lowest BCUT2D eigenvalue weighted by Gasteiger charge is -2.06. The molecule has 5 nitrogen and oxygen atoms in total. The van der Waals surface area contributed by atoms with Crippen LogP contribution < -0.4 is 5.32 Å². The van der Waals surface area contributed by atoms with Crippen molar-refractivity contribution in [3.63, 3.8) is 0 Å². The summed E-state index contributed by atoms with van der Waals surface area (Å²) in [5, 5.41) is 13.2. The molecule has 0 fully saturated rings. The summed E-state index contributed by atoms with van der Waals surface area (Å²) in [5.41, 5.74) is 2.42. The first-order valence-electron chi connectivity index (χ1n) is 7.38. The number of amides is 1. The Morgan fingerprint density at radius 1 is 1.17 bits per heavy atom. The Balaban J connectivity index is 1.44. The first-order chi connectivity index (χ1) is 11.2. The second-order valence-electron chi connectivity index (χ2n) is 5.08. The lowest BCUT2D eigenvalue weighted by molar-refractivity contribution is -0.116. The van der Waals surface area contributed by atoms with Crippen LogP contribution >= 0.6 is 11.8 Å². The van der Waals surface area contributed by atoms with E-state index in [4.69, 9.17) is 0 Å². The van der Waals surface area contributed by atoms with Crippen molar-refractivity contribution in [2.75, 3.05) is 11.1 Å². The summed E-state index contributed by atoms with van der Waals surface area (Å²) in [4.78, 5) is 19.6. The van der Waals surface area contributed by atoms with Gasteiger partial charge in [0.25, 0.3) is 0 Å². The number of phenols is 1. The van der Waals surface area contributed by atoms with Gasteiger partial charge in [-0.3, -0.25) is 4.79 Å². The number of aromatic hydroxyl groups is 1. The Morgan fingerprint density at radius 3 is 2.78 bits per heavy atom. The molecule has 0 saturated heterocycles. The molecule has 3 rings (SSSR count). The van der Waals surface area contributed by atoms with Crippen LogP contribution in [0.2, 0.25) is 0 Å². The molecule has 2 aromatic carbocycles. The normalized spacial score (nSPS) is 10.8. The average Bonchev–Trinajstić information content (AvgIpc) is 2.96. The van der Waals surface area contributed by atoms with Gasteiger partial charge in [-0.25, -0.2) is 4.98 Å². The van der Waals surface area contributed by atoms with Crippen molar-refractivity contribution in [2.45, 2.75) is 18.0 Å². The van der Waals surface area contributed by atoms with Crippen molar-refractivity contribution in [2.24, 2.45) is 0 Å². The van der Waals surface area contributed by atoms with E-state index in [0.29, 0.717) is 12.1 Å². The van der Waals surface area contributed by atoms with Crippen LogP contribution in [0.15, 0.2) is 53.7 Å². The van der Waals surface area contributed by atoms with Gasteiger partial charge in [-0.2, -0.15) is 0 Å². The summed E-state index contributed by atoms with van der Waals surface area (Å²) in [6, 6.07) is 14.6. The fourth-order valence-electron chi connectivity index (χ4n) is 2.19. The Kier molecular flexibility index (Phi) is 4.83. The Hall–Kier alpha value is -2.47. The fourth-order valence-corrected chi connectivity index (χ4v) is 3.02. The summed E-state index contributed by atoms with van der Waals surface area (Å²) in [5.74, 6) is 0.780. The van der Waals surface area contributed by atoms with Crippen LogP contribution in [0.3, 0.4) is 0 Å². The second kappa shape index (κ2) is 7.19. The summed E-state index contributed by atoms with van der Waals surface area (Å²) in [7, 11) is 0. The lowest BCUT2D eigenvalue weighted by atomic mass is 10.2. The third kappa shape index (κ3) is 4.04. The Labute approximate surface area is 138 Å². The number of nitrogens with zero attached hydrogens (tertiary/aromatic N) is 1. The summed E-state index contributed by atoms with van der Waals surface area (Å²) >= 11 is 1.60. The van der Waals surface area contributed by atoms with Gasteiger partial charge in [0.15, 0.2) is 5.16 Å². The minimum absolute atomic E-state index is 0.0810. The van der Waals surface area contributed by atoms with Gasteiger partial charge in [0.2, 0.25) is 5.91 Å². The molecule has 118 valence electrons. The molecule has 6 heteroatoms. The molecule has 0 saturated carbocycles. The molecule has 0 aliphatic heterocycles. The van der Waals surface area contributed by atoms with Crippen LogP contribution in [-0.4, -0.2) is 26.7 Å². The van der Waals surface area contributed by atoms with Gasteiger partial charge in [-0.05, 0) is 30.7 Å². The highest BCUT2D eigenvalue weighted by Crippen LogP contribution is 2.22. The van der Waals surface area contributed by atoms with E-state index < -0.39 is 0 Å². The zero-order chi connectivity index (χ0) is 16.1. The molecule has 1 aromatic heterocycles. The molecule has 3 N–H and O–H groups in total. The predicted octanol–water partition coefficient (Wildman–Crippen LogP) is 3.78. The van der Waals surface area contributed by atoms with E-state index >= 15 is 0 Å². The van der Waals surface area contributed by atoms with Crippen molar-refractivity contribution in [1.29, 1.82) is 0 Å². The standard InChI is InChI=1S/C17H17N3O2S/c21-15-9-4-3-8-14(15)18-16(22)10-5-11-23-17-19-12-6-1-2-7-13(12)20-17/h1-4,6-9,21H,5,10-11H2,(H,18,22)(H,19,20). The van der Waals surface area contributed by atoms with Gasteiger partial charge in [0.05, 0.1) is 16.7 Å². The summed E-state index contributed by atoms with van der Waals surface area (Å²) in [6.45, 7) is 0. The van der Waals surface area contributed by atoms with E-state index in [9.17, 15) is 9.90 Å². The van der Waals surface area contributed by atoms with Crippen LogP contribution in [0.4, 0.5) is 5.69 Å². The van der Waals surface area contributed by atoms with Crippen LogP contribution in [0, 0.1) is 0 Å². The molecule has 0 unspecified atom stereocenters. The first-order valence-corrected chi connectivity index (χ1v) is 8.36. The molecule has 0 radical (unpaired) electrons. The van der Waals surface area contributed by atoms with Crippen LogP contribution in [0.25, 0.3) is 11.0 Å². The smallest absolute Gasteiger partial charge is 0.224 e. The van der Waals surface area contributed by atoms with E-state index in [2.05, 4.69) is 15.3 Å². The summed E-state index contributed by atoms with van der Waals surface area (Å²) < 4.78 is 0. The molecule has 3 aromatic rings. The Morgan fingerprint density at radius 2 is 1.96 bits per heavy atom. The zero-order valence-corrected chi connectivity index (χ0v) is 13.3. The molecule has 1 amide bonds. The second-order valence-corrected chi connectivity index (χ2v) is 6.16. The number of rotatable bonds is 6. The third-order valence-electron chi connectivity index (χ3n) is 3.33. The quantitative estimate of drug-likeness (QED) is 0.366. The monoisotopic (exact) mass is 327 g/mol. The number of nitrogens with one attached hydrogen (secondary N) is 2. The third-order valence-corrected chi connectivity index (χ3v) is 4.29. The maximum Gasteiger partial charge on any atom is 0.224 e. The number of carbonyl (C=O) groups excluding carboxylic acids is 1. The van der Waals surface area contributed by atoms with Crippen molar-refractivity contribution in [3.05, 3.63) is 48.5 Å². The number of aromatic amines is 1. The number of hydrogen-bond acceptors (Lipinski definition) is 4. The maximum absolute atomic E-state index is 11.9. The minimum Gasteiger partial charge on any atom is -0.506 e. The van der Waals surface area contributed by atoms with Crippen LogP contribution in [-0.2, 0) is 4.79 Å². The van der Waals surface area contributed by atoms with Crippen LogP contribution in [0.1, 0.15) is 12.8 Å². The predicted molar refractivity (Wildman–Crippen MR) is 92.8 cm³/mol. The number of H-pyrrole nitrogens is 1. The SMILES string of the molecule is O=C(CCCSc1nc2ccccc2[nH]1)Nc1ccccc1O. The van der Waals surface area contributed by atoms with Crippen molar-refractivity contribution >= 4 is 34.4 Å². The fraction of sp³-hybridized carbons (Fsp3) is 0.176. The molecule has 0 aliphatic rings. The maximum atomic E-state index is 11.9. The molecule has 1 heterocycles. The molecule has 0 atom stereocenters. The van der Waals surface area contributed by atoms with E-state index in [0.717, 1.165) is 28.4 Å². The van der Waals surface area contributed by atoms with E-state index in [-0.39, 0.29) is 11.7 Å². The number of aromatic nitrogens is 2. The van der Waals surface area contributed by atoms with Crippen molar-refractivity contribution in [3.8, 4) is 5.75 Å². The van der Waals surface area contributed by atoms with Gasteiger partial charge in [0, 0.05) is 12.2 Å². The largest absolute Gasteiger partial charge is 0.506 e. The molecule has 0 bridgehead atoms. The number of imidazole rings is 1. The number of fused-ring (bicyclic) bond motifs is 1. The van der Waals surface area contributed by atoms with E-state index in [1.165, 1.54) is 0 Å². The molecular weight excluding hydrogens is 310 g/mol. The number of carbonyl (C=O) groups is 1. The number of thioether (sulfide) groups is 1. The molecular formula is C17H17N3O2S. The van der Waals surface area contributed by atoms with Gasteiger partial charge in [-0.1, -0.05) is 36.0 Å². The molecule has 0 spiro atoms. The number of phenolic OH excluding ortho intramolecular Hbond substituents is 1. The van der Waals surface area contributed by atoms with Gasteiger partial charge >= 0.3 is 0 Å². The van der Waals surface area contributed by atoms with Gasteiger partial charge < -0.3 is 15.4 Å². The molecule has 23 heavy (non-hydrogen) atoms. The minimum atomic E-state index is -0.100. The summed E-state index contributed by atoms with van der Waals surface area (Å²) in [6.07, 6.45) is 1.14. The lowest BCUT2D eigenvalue weighted by Crippen LogP contribution is -2.11. The zero-order valence-electron chi connectivity index (χ0n) is 12.5. The average molecular weight is 327 g/mol.